The molecule has 1 fully saturated rings. The summed E-state index contributed by atoms with van der Waals surface area (Å²) in [7, 11) is 1.62. The van der Waals surface area contributed by atoms with E-state index in [-0.39, 0.29) is 0 Å². The van der Waals surface area contributed by atoms with Crippen LogP contribution in [0.4, 0.5) is 0 Å². The van der Waals surface area contributed by atoms with E-state index >= 15 is 0 Å². The maximum Gasteiger partial charge on any atom is 0.140 e. The topological polar surface area (TPSA) is 29.5 Å². The number of benzene rings is 1. The van der Waals surface area contributed by atoms with E-state index < -0.39 is 5.60 Å². The summed E-state index contributed by atoms with van der Waals surface area (Å²) in [5, 5.41) is 10.6. The smallest absolute Gasteiger partial charge is 0.140 e. The van der Waals surface area contributed by atoms with Gasteiger partial charge in [-0.15, -0.1) is 0 Å². The van der Waals surface area contributed by atoms with Crippen LogP contribution in [-0.2, 0) is 12.0 Å². The van der Waals surface area contributed by atoms with E-state index in [1.807, 2.05) is 12.1 Å². The van der Waals surface area contributed by atoms with Crippen LogP contribution in [0.25, 0.3) is 0 Å². The van der Waals surface area contributed by atoms with Gasteiger partial charge in [0, 0.05) is 0 Å². The number of halogens is 1. The highest BCUT2D eigenvalue weighted by Crippen LogP contribution is 2.47. The standard InChI is InChI=1S/C12H15ClO2/c1-3-8-6-9(12(14)4-5-12)7-10(13)11(8)15-2/h6-7,14H,3-5H2,1-2H3. The second-order valence-corrected chi connectivity index (χ2v) is 4.44. The van der Waals surface area contributed by atoms with Crippen molar-refractivity contribution < 1.29 is 9.84 Å². The van der Waals surface area contributed by atoms with Gasteiger partial charge in [0.1, 0.15) is 5.75 Å². The van der Waals surface area contributed by atoms with E-state index in [2.05, 4.69) is 6.92 Å². The lowest BCUT2D eigenvalue weighted by atomic mass is 10.0. The van der Waals surface area contributed by atoms with Crippen LogP contribution in [0.15, 0.2) is 12.1 Å². The van der Waals surface area contributed by atoms with Crippen molar-refractivity contribution in [2.45, 2.75) is 31.8 Å². The Morgan fingerprint density at radius 3 is 2.60 bits per heavy atom. The molecular formula is C12H15ClO2. The summed E-state index contributed by atoms with van der Waals surface area (Å²) in [5.41, 5.74) is 1.35. The number of aryl methyl sites for hydroxylation is 1. The van der Waals surface area contributed by atoms with Crippen LogP contribution in [0.3, 0.4) is 0 Å². The number of rotatable bonds is 3. The molecule has 0 aliphatic heterocycles. The predicted molar refractivity (Wildman–Crippen MR) is 60.5 cm³/mol. The molecule has 1 aliphatic carbocycles. The molecule has 1 aromatic carbocycles. The first kappa shape index (κ1) is 10.8. The molecule has 0 bridgehead atoms. The average Bonchev–Trinajstić information content (AvgIpc) is 2.96. The molecule has 1 aliphatic rings. The molecule has 15 heavy (non-hydrogen) atoms. The molecule has 3 heteroatoms. The molecule has 0 saturated heterocycles. The minimum Gasteiger partial charge on any atom is -0.495 e. The third-order valence-electron chi connectivity index (χ3n) is 2.97. The molecule has 0 unspecified atom stereocenters. The van der Waals surface area contributed by atoms with E-state index in [9.17, 15) is 5.11 Å². The first-order chi connectivity index (χ1) is 7.10. The first-order valence-corrected chi connectivity index (χ1v) is 5.58. The minimum absolute atomic E-state index is 0.590. The maximum atomic E-state index is 10.0. The highest BCUT2D eigenvalue weighted by Gasteiger charge is 2.42. The van der Waals surface area contributed by atoms with Crippen molar-refractivity contribution in [2.24, 2.45) is 0 Å². The number of hydrogen-bond donors (Lipinski definition) is 1. The van der Waals surface area contributed by atoms with Crippen molar-refractivity contribution in [2.75, 3.05) is 7.11 Å². The van der Waals surface area contributed by atoms with Gasteiger partial charge in [0.25, 0.3) is 0 Å². The highest BCUT2D eigenvalue weighted by atomic mass is 35.5. The van der Waals surface area contributed by atoms with Crippen LogP contribution in [0.5, 0.6) is 5.75 Å². The normalized spacial score (nSPS) is 17.6. The molecule has 1 saturated carbocycles. The SMILES string of the molecule is CCc1cc(C2(O)CC2)cc(Cl)c1OC. The van der Waals surface area contributed by atoms with Crippen molar-refractivity contribution in [3.8, 4) is 5.75 Å². The largest absolute Gasteiger partial charge is 0.495 e. The summed E-state index contributed by atoms with van der Waals surface area (Å²) in [6.45, 7) is 2.05. The van der Waals surface area contributed by atoms with E-state index in [0.29, 0.717) is 5.02 Å². The Labute approximate surface area is 94.8 Å². The molecule has 0 atom stereocenters. The number of methoxy groups -OCH3 is 1. The van der Waals surface area contributed by atoms with Crippen molar-refractivity contribution in [3.05, 3.63) is 28.3 Å². The van der Waals surface area contributed by atoms with Gasteiger partial charge in [0.15, 0.2) is 0 Å². The van der Waals surface area contributed by atoms with Crippen molar-refractivity contribution >= 4 is 11.6 Å². The van der Waals surface area contributed by atoms with Gasteiger partial charge in [-0.25, -0.2) is 0 Å². The third-order valence-corrected chi connectivity index (χ3v) is 3.25. The Kier molecular flexibility index (Phi) is 2.65. The Morgan fingerprint density at radius 1 is 1.47 bits per heavy atom. The van der Waals surface area contributed by atoms with Crippen molar-refractivity contribution in [1.29, 1.82) is 0 Å². The lowest BCUT2D eigenvalue weighted by molar-refractivity contribution is 0.151. The highest BCUT2D eigenvalue weighted by molar-refractivity contribution is 6.32. The van der Waals surface area contributed by atoms with Gasteiger partial charge >= 0.3 is 0 Å². The Morgan fingerprint density at radius 2 is 2.13 bits per heavy atom. The Balaban J connectivity index is 2.48. The first-order valence-electron chi connectivity index (χ1n) is 5.20. The van der Waals surface area contributed by atoms with Crippen LogP contribution in [0.1, 0.15) is 30.9 Å². The Bertz CT molecular complexity index is 383. The summed E-state index contributed by atoms with van der Waals surface area (Å²) >= 11 is 6.11. The number of ether oxygens (including phenoxy) is 1. The van der Waals surface area contributed by atoms with Crippen LogP contribution in [-0.4, -0.2) is 12.2 Å². The summed E-state index contributed by atoms with van der Waals surface area (Å²) < 4.78 is 5.24. The zero-order chi connectivity index (χ0) is 11.1. The van der Waals surface area contributed by atoms with Gasteiger partial charge in [0.2, 0.25) is 0 Å². The Hall–Kier alpha value is -0.730. The molecule has 82 valence electrons. The quantitative estimate of drug-likeness (QED) is 0.859. The van der Waals surface area contributed by atoms with Gasteiger partial charge in [-0.3, -0.25) is 0 Å². The van der Waals surface area contributed by atoms with Crippen molar-refractivity contribution in [3.63, 3.8) is 0 Å². The number of hydrogen-bond acceptors (Lipinski definition) is 2. The molecule has 0 amide bonds. The lowest BCUT2D eigenvalue weighted by Crippen LogP contribution is -2.06. The minimum atomic E-state index is -0.625. The van der Waals surface area contributed by atoms with Gasteiger partial charge < -0.3 is 9.84 Å². The molecule has 1 aromatic rings. The molecule has 2 rings (SSSR count). The summed E-state index contributed by atoms with van der Waals surface area (Å²) in [6.07, 6.45) is 2.52. The van der Waals surface area contributed by atoms with Crippen LogP contribution >= 0.6 is 11.6 Å². The van der Waals surface area contributed by atoms with Crippen LogP contribution in [0.2, 0.25) is 5.02 Å². The third kappa shape index (κ3) is 1.84. The van der Waals surface area contributed by atoms with Gasteiger partial charge in [-0.05, 0) is 42.5 Å². The predicted octanol–water partition coefficient (Wildman–Crippen LogP) is 2.89. The molecular weight excluding hydrogens is 212 g/mol. The van der Waals surface area contributed by atoms with Crippen LogP contribution in [0, 0.1) is 0 Å². The molecule has 0 aromatic heterocycles. The molecule has 2 nitrogen and oxygen atoms in total. The van der Waals surface area contributed by atoms with Crippen molar-refractivity contribution in [1.82, 2.24) is 0 Å². The summed E-state index contributed by atoms with van der Waals surface area (Å²) in [6, 6.07) is 3.81. The molecule has 0 spiro atoms. The fourth-order valence-electron chi connectivity index (χ4n) is 1.82. The van der Waals surface area contributed by atoms with Gasteiger partial charge in [-0.2, -0.15) is 0 Å². The summed E-state index contributed by atoms with van der Waals surface area (Å²) in [5.74, 6) is 0.729. The summed E-state index contributed by atoms with van der Waals surface area (Å²) in [4.78, 5) is 0. The maximum absolute atomic E-state index is 10.0. The monoisotopic (exact) mass is 226 g/mol. The van der Waals surface area contributed by atoms with Gasteiger partial charge in [-0.1, -0.05) is 18.5 Å². The van der Waals surface area contributed by atoms with E-state index in [1.165, 1.54) is 0 Å². The van der Waals surface area contributed by atoms with E-state index in [0.717, 1.165) is 36.1 Å². The zero-order valence-electron chi connectivity index (χ0n) is 9.01. The second kappa shape index (κ2) is 3.69. The van der Waals surface area contributed by atoms with Crippen LogP contribution < -0.4 is 4.74 Å². The van der Waals surface area contributed by atoms with E-state index in [4.69, 9.17) is 16.3 Å². The fourth-order valence-corrected chi connectivity index (χ4v) is 2.13. The molecule has 1 N–H and O–H groups in total. The van der Waals surface area contributed by atoms with E-state index in [1.54, 1.807) is 7.11 Å². The average molecular weight is 227 g/mol. The molecule has 0 heterocycles. The fraction of sp³-hybridized carbons (Fsp3) is 0.500. The lowest BCUT2D eigenvalue weighted by Gasteiger charge is -2.14. The van der Waals surface area contributed by atoms with Gasteiger partial charge in [0.05, 0.1) is 17.7 Å². The molecule has 0 radical (unpaired) electrons. The number of aliphatic hydroxyl groups is 1. The zero-order valence-corrected chi connectivity index (χ0v) is 9.77. The second-order valence-electron chi connectivity index (χ2n) is 4.04.